The molecular weight excluding hydrogens is 462 g/mol. The molecule has 3 rings (SSSR count). The summed E-state index contributed by atoms with van der Waals surface area (Å²) in [6.45, 7) is 4.00. The lowest BCUT2D eigenvalue weighted by atomic mass is 10.1. The maximum Gasteiger partial charge on any atom is 0.257 e. The van der Waals surface area contributed by atoms with Gasteiger partial charge >= 0.3 is 0 Å². The van der Waals surface area contributed by atoms with Gasteiger partial charge in [-0.15, -0.1) is 0 Å². The highest BCUT2D eigenvalue weighted by atomic mass is 32.1. The number of carbonyl (C=O) groups excluding carboxylic acids is 2. The summed E-state index contributed by atoms with van der Waals surface area (Å²) in [6.07, 6.45) is 2.98. The first-order chi connectivity index (χ1) is 16.8. The Morgan fingerprint density at radius 3 is 2.31 bits per heavy atom. The number of thiocarbonyl (C=S) groups is 1. The number of aryl methyl sites for hydroxylation is 2. The van der Waals surface area contributed by atoms with E-state index in [1.807, 2.05) is 32.0 Å². The Balaban J connectivity index is 1.64. The molecule has 0 saturated heterocycles. The van der Waals surface area contributed by atoms with E-state index in [0.29, 0.717) is 28.4 Å². The van der Waals surface area contributed by atoms with Crippen molar-refractivity contribution in [3.8, 4) is 11.5 Å². The number of amides is 2. The van der Waals surface area contributed by atoms with Crippen LogP contribution in [0.3, 0.4) is 0 Å². The van der Waals surface area contributed by atoms with Crippen molar-refractivity contribution in [1.29, 1.82) is 0 Å². The molecule has 0 heterocycles. The number of para-hydroxylation sites is 1. The molecule has 0 unspecified atom stereocenters. The molecule has 8 heteroatoms. The van der Waals surface area contributed by atoms with Crippen LogP contribution in [0.15, 0.2) is 66.7 Å². The zero-order valence-electron chi connectivity index (χ0n) is 20.0. The molecule has 3 N–H and O–H groups in total. The molecule has 0 radical (unpaired) electrons. The van der Waals surface area contributed by atoms with Crippen molar-refractivity contribution in [1.82, 2.24) is 5.32 Å². The van der Waals surface area contributed by atoms with Crippen LogP contribution in [-0.2, 0) is 4.79 Å². The highest BCUT2D eigenvalue weighted by Crippen LogP contribution is 2.28. The zero-order valence-corrected chi connectivity index (χ0v) is 20.8. The number of methoxy groups -OCH3 is 2. The topological polar surface area (TPSA) is 88.7 Å². The number of benzene rings is 3. The van der Waals surface area contributed by atoms with Gasteiger partial charge in [0.25, 0.3) is 5.91 Å². The van der Waals surface area contributed by atoms with Gasteiger partial charge in [0, 0.05) is 11.8 Å². The number of nitrogens with one attached hydrogen (secondary N) is 3. The van der Waals surface area contributed by atoms with Gasteiger partial charge in [-0.2, -0.15) is 0 Å². The molecule has 0 spiro atoms. The molecule has 3 aromatic rings. The maximum absolute atomic E-state index is 12.9. The molecule has 2 amide bonds. The van der Waals surface area contributed by atoms with Crippen LogP contribution >= 0.6 is 12.2 Å². The number of ether oxygens (including phenoxy) is 2. The summed E-state index contributed by atoms with van der Waals surface area (Å²) in [7, 11) is 3.10. The predicted octanol–water partition coefficient (Wildman–Crippen LogP) is 5.10. The molecule has 0 saturated carbocycles. The Morgan fingerprint density at radius 2 is 1.60 bits per heavy atom. The first-order valence-corrected chi connectivity index (χ1v) is 11.2. The van der Waals surface area contributed by atoms with Crippen molar-refractivity contribution in [2.24, 2.45) is 0 Å². The number of hydrogen-bond acceptors (Lipinski definition) is 5. The molecule has 35 heavy (non-hydrogen) atoms. The highest BCUT2D eigenvalue weighted by Gasteiger charge is 2.13. The van der Waals surface area contributed by atoms with Gasteiger partial charge < -0.3 is 20.1 Å². The molecule has 180 valence electrons. The first kappa shape index (κ1) is 25.5. The van der Waals surface area contributed by atoms with Crippen LogP contribution in [0.2, 0.25) is 0 Å². The fourth-order valence-electron chi connectivity index (χ4n) is 3.24. The third-order valence-electron chi connectivity index (χ3n) is 5.26. The molecule has 7 nitrogen and oxygen atoms in total. The minimum atomic E-state index is -0.422. The summed E-state index contributed by atoms with van der Waals surface area (Å²) >= 11 is 5.28. The zero-order chi connectivity index (χ0) is 25.4. The molecule has 0 aliphatic heterocycles. The van der Waals surface area contributed by atoms with E-state index in [9.17, 15) is 9.59 Å². The van der Waals surface area contributed by atoms with Crippen molar-refractivity contribution in [3.63, 3.8) is 0 Å². The minimum absolute atomic E-state index is 0.0680. The van der Waals surface area contributed by atoms with E-state index in [-0.39, 0.29) is 11.0 Å². The van der Waals surface area contributed by atoms with E-state index in [1.54, 1.807) is 62.8 Å². The Kier molecular flexibility index (Phi) is 8.58. The summed E-state index contributed by atoms with van der Waals surface area (Å²) in [5.74, 6) is 0.441. The van der Waals surface area contributed by atoms with Crippen molar-refractivity contribution in [2.75, 3.05) is 24.9 Å². The summed E-state index contributed by atoms with van der Waals surface area (Å²) in [5, 5.41) is 8.48. The average Bonchev–Trinajstić information content (AvgIpc) is 2.85. The van der Waals surface area contributed by atoms with Crippen LogP contribution in [0.4, 0.5) is 11.4 Å². The van der Waals surface area contributed by atoms with Gasteiger partial charge in [0.1, 0.15) is 0 Å². The van der Waals surface area contributed by atoms with Crippen LogP contribution in [0.25, 0.3) is 6.08 Å². The van der Waals surface area contributed by atoms with Crippen LogP contribution in [0.5, 0.6) is 11.5 Å². The number of rotatable bonds is 7. The summed E-state index contributed by atoms with van der Waals surface area (Å²) in [5.41, 5.74) is 4.55. The van der Waals surface area contributed by atoms with Gasteiger partial charge in [-0.3, -0.25) is 14.9 Å². The smallest absolute Gasteiger partial charge is 0.257 e. The SMILES string of the molecule is COc1ccc(/C=C/C(=O)NC(=S)Nc2ccccc2C(=O)Nc2ccc(C)c(C)c2)cc1OC. The predicted molar refractivity (Wildman–Crippen MR) is 143 cm³/mol. The van der Waals surface area contributed by atoms with Crippen LogP contribution in [0.1, 0.15) is 27.0 Å². The van der Waals surface area contributed by atoms with E-state index in [2.05, 4.69) is 16.0 Å². The fourth-order valence-corrected chi connectivity index (χ4v) is 3.45. The van der Waals surface area contributed by atoms with Gasteiger partial charge in [0.2, 0.25) is 5.91 Å². The normalized spacial score (nSPS) is 10.5. The Labute approximate surface area is 210 Å². The van der Waals surface area contributed by atoms with Crippen molar-refractivity contribution in [2.45, 2.75) is 13.8 Å². The van der Waals surface area contributed by atoms with Crippen LogP contribution < -0.4 is 25.4 Å². The van der Waals surface area contributed by atoms with Crippen molar-refractivity contribution < 1.29 is 19.1 Å². The van der Waals surface area contributed by atoms with Crippen LogP contribution in [0, 0.1) is 13.8 Å². The molecule has 0 aliphatic rings. The molecule has 0 aromatic heterocycles. The Hall–Kier alpha value is -4.17. The largest absolute Gasteiger partial charge is 0.493 e. The molecule has 0 atom stereocenters. The van der Waals surface area contributed by atoms with Gasteiger partial charge in [-0.05, 0) is 85.2 Å². The monoisotopic (exact) mass is 489 g/mol. The van der Waals surface area contributed by atoms with E-state index < -0.39 is 5.91 Å². The van der Waals surface area contributed by atoms with Gasteiger partial charge in [-0.25, -0.2) is 0 Å². The highest BCUT2D eigenvalue weighted by molar-refractivity contribution is 7.80. The molecule has 0 bridgehead atoms. The van der Waals surface area contributed by atoms with Crippen molar-refractivity contribution in [3.05, 3.63) is 89.0 Å². The van der Waals surface area contributed by atoms with E-state index in [0.717, 1.165) is 16.7 Å². The second-order valence-electron chi connectivity index (χ2n) is 7.69. The van der Waals surface area contributed by atoms with E-state index >= 15 is 0 Å². The molecule has 0 aliphatic carbocycles. The Morgan fingerprint density at radius 1 is 0.857 bits per heavy atom. The lowest BCUT2D eigenvalue weighted by Crippen LogP contribution is -2.33. The van der Waals surface area contributed by atoms with E-state index in [4.69, 9.17) is 21.7 Å². The molecule has 3 aromatic carbocycles. The van der Waals surface area contributed by atoms with Crippen molar-refractivity contribution >= 4 is 46.6 Å². The van der Waals surface area contributed by atoms with Gasteiger partial charge in [-0.1, -0.05) is 24.3 Å². The molecular formula is C27H27N3O4S. The number of carbonyl (C=O) groups is 2. The third-order valence-corrected chi connectivity index (χ3v) is 5.46. The summed E-state index contributed by atoms with van der Waals surface area (Å²) in [4.78, 5) is 25.2. The lowest BCUT2D eigenvalue weighted by molar-refractivity contribution is -0.115. The molecule has 0 fully saturated rings. The summed E-state index contributed by atoms with van der Waals surface area (Å²) < 4.78 is 10.5. The Bertz CT molecular complexity index is 1290. The maximum atomic E-state index is 12.9. The summed E-state index contributed by atoms with van der Waals surface area (Å²) in [6, 6.07) is 18.0. The second kappa shape index (κ2) is 11.8. The van der Waals surface area contributed by atoms with Gasteiger partial charge in [0.15, 0.2) is 16.6 Å². The number of anilines is 2. The van der Waals surface area contributed by atoms with Gasteiger partial charge in [0.05, 0.1) is 25.5 Å². The lowest BCUT2D eigenvalue weighted by Gasteiger charge is -2.13. The third kappa shape index (κ3) is 6.91. The average molecular weight is 490 g/mol. The quantitative estimate of drug-likeness (QED) is 0.316. The first-order valence-electron chi connectivity index (χ1n) is 10.8. The van der Waals surface area contributed by atoms with E-state index in [1.165, 1.54) is 6.08 Å². The minimum Gasteiger partial charge on any atom is -0.493 e. The fraction of sp³-hybridized carbons (Fsp3) is 0.148. The number of hydrogen-bond donors (Lipinski definition) is 3. The second-order valence-corrected chi connectivity index (χ2v) is 8.10. The standard InChI is InChI=1S/C27H27N3O4S/c1-17-9-12-20(15-18(17)2)28-26(32)21-7-5-6-8-22(21)29-27(35)30-25(31)14-11-19-10-13-23(33-3)24(16-19)34-4/h5-16H,1-4H3,(H,28,32)(H2,29,30,31,35)/b14-11+. The van der Waals surface area contributed by atoms with Crippen LogP contribution in [-0.4, -0.2) is 31.1 Å².